The van der Waals surface area contributed by atoms with Crippen LogP contribution in [0.25, 0.3) is 0 Å². The van der Waals surface area contributed by atoms with Gasteiger partial charge in [-0.1, -0.05) is 60.5 Å². The van der Waals surface area contributed by atoms with Gasteiger partial charge in [0.2, 0.25) is 15.9 Å². The Labute approximate surface area is 204 Å². The van der Waals surface area contributed by atoms with Gasteiger partial charge in [-0.2, -0.15) is 4.31 Å². The first-order chi connectivity index (χ1) is 15.8. The average Bonchev–Trinajstić information content (AvgIpc) is 3.31. The number of hydrogen-bond donors (Lipinski definition) is 0. The molecule has 0 aliphatic carbocycles. The Balaban J connectivity index is 1.82. The summed E-state index contributed by atoms with van der Waals surface area (Å²) in [6.07, 6.45) is 2.71. The minimum absolute atomic E-state index is 0.0597. The zero-order valence-corrected chi connectivity index (χ0v) is 20.6. The highest BCUT2D eigenvalue weighted by atomic mass is 35.5. The maximum Gasteiger partial charge on any atom is 0.245 e. The number of hydrogen-bond acceptors (Lipinski definition) is 4. The SMILES string of the molecule is CCCN(CC(=O)N(CCc1ccccc1)Cc1ccco1)S(=O)(=O)c1cc(Cl)ccc1Cl. The first-order valence-electron chi connectivity index (χ1n) is 10.6. The minimum Gasteiger partial charge on any atom is -0.467 e. The van der Waals surface area contributed by atoms with Gasteiger partial charge in [0, 0.05) is 18.1 Å². The third kappa shape index (κ3) is 6.84. The number of benzene rings is 2. The molecular weight excluding hydrogens is 483 g/mol. The summed E-state index contributed by atoms with van der Waals surface area (Å²) in [5.41, 5.74) is 1.08. The first-order valence-corrected chi connectivity index (χ1v) is 12.8. The summed E-state index contributed by atoms with van der Waals surface area (Å²) in [7, 11) is -4.03. The van der Waals surface area contributed by atoms with E-state index >= 15 is 0 Å². The summed E-state index contributed by atoms with van der Waals surface area (Å²) in [5.74, 6) is 0.303. The number of carbonyl (C=O) groups excluding carboxylic acids is 1. The molecule has 3 aromatic rings. The van der Waals surface area contributed by atoms with E-state index in [1.165, 1.54) is 18.2 Å². The van der Waals surface area contributed by atoms with Crippen LogP contribution in [0, 0.1) is 0 Å². The molecule has 0 fully saturated rings. The van der Waals surface area contributed by atoms with Crippen molar-refractivity contribution in [1.82, 2.24) is 9.21 Å². The van der Waals surface area contributed by atoms with E-state index in [1.807, 2.05) is 37.3 Å². The third-order valence-corrected chi connectivity index (χ3v) is 7.65. The van der Waals surface area contributed by atoms with E-state index in [0.29, 0.717) is 25.1 Å². The van der Waals surface area contributed by atoms with Gasteiger partial charge in [0.15, 0.2) is 0 Å². The van der Waals surface area contributed by atoms with Crippen molar-refractivity contribution in [3.8, 4) is 0 Å². The van der Waals surface area contributed by atoms with Crippen LogP contribution in [0.2, 0.25) is 10.0 Å². The summed E-state index contributed by atoms with van der Waals surface area (Å²) in [4.78, 5) is 14.8. The Morgan fingerprint density at radius 3 is 2.42 bits per heavy atom. The van der Waals surface area contributed by atoms with E-state index in [1.54, 1.807) is 23.3 Å². The Kier molecular flexibility index (Phi) is 8.97. The standard InChI is InChI=1S/C24H26Cl2N2O4S/c1-2-13-28(33(30,31)23-16-20(25)10-11-22(23)26)18-24(29)27(17-21-9-6-15-32-21)14-12-19-7-4-3-5-8-19/h3-11,15-16H,2,12-14,17-18H2,1H3. The van der Waals surface area contributed by atoms with Gasteiger partial charge in [0.1, 0.15) is 10.7 Å². The van der Waals surface area contributed by atoms with E-state index in [4.69, 9.17) is 27.6 Å². The zero-order valence-electron chi connectivity index (χ0n) is 18.3. The van der Waals surface area contributed by atoms with Gasteiger partial charge < -0.3 is 9.32 Å². The van der Waals surface area contributed by atoms with Crippen molar-refractivity contribution >= 4 is 39.1 Å². The first kappa shape index (κ1) is 25.3. The fourth-order valence-electron chi connectivity index (χ4n) is 3.39. The molecule has 1 amide bonds. The molecule has 0 aliphatic heterocycles. The topological polar surface area (TPSA) is 70.8 Å². The second-order valence-electron chi connectivity index (χ2n) is 7.54. The molecule has 0 saturated heterocycles. The van der Waals surface area contributed by atoms with Crippen LogP contribution in [0.15, 0.2) is 76.2 Å². The maximum absolute atomic E-state index is 13.3. The largest absolute Gasteiger partial charge is 0.467 e. The maximum atomic E-state index is 13.3. The normalized spacial score (nSPS) is 11.6. The highest BCUT2D eigenvalue weighted by Gasteiger charge is 2.30. The molecule has 0 radical (unpaired) electrons. The van der Waals surface area contributed by atoms with Crippen molar-refractivity contribution in [2.24, 2.45) is 0 Å². The van der Waals surface area contributed by atoms with Crippen molar-refractivity contribution in [2.45, 2.75) is 31.2 Å². The van der Waals surface area contributed by atoms with Gasteiger partial charge in [0.25, 0.3) is 0 Å². The number of amides is 1. The molecule has 1 heterocycles. The molecule has 33 heavy (non-hydrogen) atoms. The fraction of sp³-hybridized carbons (Fsp3) is 0.292. The number of sulfonamides is 1. The van der Waals surface area contributed by atoms with Gasteiger partial charge >= 0.3 is 0 Å². The van der Waals surface area contributed by atoms with Crippen LogP contribution in [0.5, 0.6) is 0 Å². The molecule has 176 valence electrons. The molecule has 0 spiro atoms. The lowest BCUT2D eigenvalue weighted by molar-refractivity contribution is -0.132. The second kappa shape index (κ2) is 11.7. The molecule has 0 N–H and O–H groups in total. The van der Waals surface area contributed by atoms with Crippen LogP contribution in [0.3, 0.4) is 0 Å². The van der Waals surface area contributed by atoms with Crippen molar-refractivity contribution in [1.29, 1.82) is 0 Å². The molecule has 9 heteroatoms. The lowest BCUT2D eigenvalue weighted by atomic mass is 10.1. The van der Waals surface area contributed by atoms with Crippen LogP contribution >= 0.6 is 23.2 Å². The molecule has 0 atom stereocenters. The van der Waals surface area contributed by atoms with Crippen LogP contribution < -0.4 is 0 Å². The van der Waals surface area contributed by atoms with Crippen molar-refractivity contribution in [2.75, 3.05) is 19.6 Å². The molecule has 6 nitrogen and oxygen atoms in total. The Hall–Kier alpha value is -2.32. The number of furan rings is 1. The van der Waals surface area contributed by atoms with Crippen molar-refractivity contribution in [3.05, 3.63) is 88.3 Å². The van der Waals surface area contributed by atoms with E-state index in [-0.39, 0.29) is 40.5 Å². The summed E-state index contributed by atoms with van der Waals surface area (Å²) in [6.45, 7) is 2.37. The zero-order chi connectivity index (χ0) is 23.8. The minimum atomic E-state index is -4.03. The van der Waals surface area contributed by atoms with E-state index in [9.17, 15) is 13.2 Å². The summed E-state index contributed by atoms with van der Waals surface area (Å²) < 4.78 is 33.3. The van der Waals surface area contributed by atoms with Gasteiger partial charge in [-0.05, 0) is 48.7 Å². The molecule has 0 aliphatic rings. The van der Waals surface area contributed by atoms with E-state index < -0.39 is 10.0 Å². The van der Waals surface area contributed by atoms with Crippen LogP contribution in [0.1, 0.15) is 24.7 Å². The molecule has 2 aromatic carbocycles. The summed E-state index contributed by atoms with van der Waals surface area (Å²) in [6, 6.07) is 17.6. The molecule has 0 saturated carbocycles. The molecular formula is C24H26Cl2N2O4S. The van der Waals surface area contributed by atoms with Crippen molar-refractivity contribution < 1.29 is 17.6 Å². The molecule has 3 rings (SSSR count). The highest BCUT2D eigenvalue weighted by molar-refractivity contribution is 7.89. The molecule has 0 unspecified atom stereocenters. The molecule has 0 bridgehead atoms. The fourth-order valence-corrected chi connectivity index (χ4v) is 5.61. The third-order valence-electron chi connectivity index (χ3n) is 5.09. The number of halogens is 2. The monoisotopic (exact) mass is 508 g/mol. The van der Waals surface area contributed by atoms with Crippen LogP contribution in [-0.2, 0) is 27.8 Å². The number of rotatable bonds is 11. The van der Waals surface area contributed by atoms with Crippen LogP contribution in [0.4, 0.5) is 0 Å². The Bertz CT molecular complexity index is 1150. The number of carbonyl (C=O) groups is 1. The number of nitrogens with zero attached hydrogens (tertiary/aromatic N) is 2. The lowest BCUT2D eigenvalue weighted by Gasteiger charge is -2.27. The predicted octanol–water partition coefficient (Wildman–Crippen LogP) is 5.26. The van der Waals surface area contributed by atoms with Gasteiger partial charge in [-0.3, -0.25) is 4.79 Å². The Morgan fingerprint density at radius 2 is 1.76 bits per heavy atom. The Morgan fingerprint density at radius 1 is 1.00 bits per heavy atom. The van der Waals surface area contributed by atoms with E-state index in [0.717, 1.165) is 9.87 Å². The van der Waals surface area contributed by atoms with Crippen molar-refractivity contribution in [3.63, 3.8) is 0 Å². The van der Waals surface area contributed by atoms with Gasteiger partial charge in [-0.15, -0.1) is 0 Å². The van der Waals surface area contributed by atoms with Gasteiger partial charge in [-0.25, -0.2) is 8.42 Å². The quantitative estimate of drug-likeness (QED) is 0.354. The highest BCUT2D eigenvalue weighted by Crippen LogP contribution is 2.28. The molecule has 1 aromatic heterocycles. The lowest BCUT2D eigenvalue weighted by Crippen LogP contribution is -2.43. The predicted molar refractivity (Wildman–Crippen MR) is 130 cm³/mol. The van der Waals surface area contributed by atoms with Gasteiger partial charge in [0.05, 0.1) is 24.4 Å². The van der Waals surface area contributed by atoms with Crippen LogP contribution in [-0.4, -0.2) is 43.2 Å². The second-order valence-corrected chi connectivity index (χ2v) is 10.3. The smallest absolute Gasteiger partial charge is 0.245 e. The average molecular weight is 509 g/mol. The summed E-state index contributed by atoms with van der Waals surface area (Å²) in [5, 5.41) is 0.313. The van der Waals surface area contributed by atoms with E-state index in [2.05, 4.69) is 0 Å². The summed E-state index contributed by atoms with van der Waals surface area (Å²) >= 11 is 12.2.